The molecule has 108 valence electrons. The Balaban J connectivity index is 3.06. The van der Waals surface area contributed by atoms with Gasteiger partial charge in [-0.15, -0.1) is 0 Å². The third-order valence-corrected chi connectivity index (χ3v) is 3.11. The molecule has 0 radical (unpaired) electrons. The molecule has 0 aromatic carbocycles. The molecule has 1 aromatic rings. The largest absolute Gasteiger partial charge is 0.336 e. The van der Waals surface area contributed by atoms with Crippen molar-refractivity contribution in [2.24, 2.45) is 5.92 Å². The van der Waals surface area contributed by atoms with Crippen molar-refractivity contribution in [1.29, 1.82) is 5.26 Å². The average molecular weight is 294 g/mol. The zero-order valence-corrected chi connectivity index (χ0v) is 13.2. The van der Waals surface area contributed by atoms with Crippen LogP contribution in [0.4, 0.5) is 0 Å². The highest BCUT2D eigenvalue weighted by Crippen LogP contribution is 2.23. The third-order valence-electron chi connectivity index (χ3n) is 2.92. The molecule has 0 spiro atoms. The van der Waals surface area contributed by atoms with E-state index in [1.807, 2.05) is 34.6 Å². The van der Waals surface area contributed by atoms with Crippen molar-refractivity contribution < 1.29 is 4.79 Å². The molecule has 1 rings (SSSR count). The monoisotopic (exact) mass is 293 g/mol. The van der Waals surface area contributed by atoms with Gasteiger partial charge < -0.3 is 5.32 Å². The molecular formula is C15H20ClN3O. The van der Waals surface area contributed by atoms with Crippen LogP contribution in [-0.4, -0.2) is 16.9 Å². The number of aromatic nitrogens is 1. The maximum atomic E-state index is 12.2. The highest BCUT2D eigenvalue weighted by molar-refractivity contribution is 6.29. The summed E-state index contributed by atoms with van der Waals surface area (Å²) in [6, 6.07) is 4.79. The summed E-state index contributed by atoms with van der Waals surface area (Å²) in [4.78, 5) is 16.4. The van der Waals surface area contributed by atoms with E-state index in [1.54, 1.807) is 6.07 Å². The first-order valence-electron chi connectivity index (χ1n) is 6.53. The predicted molar refractivity (Wildman–Crippen MR) is 79.7 cm³/mol. The van der Waals surface area contributed by atoms with Crippen LogP contribution in [0.3, 0.4) is 0 Å². The van der Waals surface area contributed by atoms with Crippen molar-refractivity contribution in [3.63, 3.8) is 0 Å². The summed E-state index contributed by atoms with van der Waals surface area (Å²) in [7, 11) is 0. The lowest BCUT2D eigenvalue weighted by atomic mass is 9.90. The van der Waals surface area contributed by atoms with E-state index in [9.17, 15) is 4.79 Å². The zero-order chi connectivity index (χ0) is 15.5. The molecule has 4 nitrogen and oxygen atoms in total. The molecule has 0 bridgehead atoms. The predicted octanol–water partition coefficient (Wildman–Crippen LogP) is 3.31. The number of carbonyl (C=O) groups is 1. The second kappa shape index (κ2) is 6.23. The first-order valence-corrected chi connectivity index (χ1v) is 6.91. The zero-order valence-electron chi connectivity index (χ0n) is 12.5. The smallest absolute Gasteiger partial charge is 0.252 e. The van der Waals surface area contributed by atoms with Crippen LogP contribution < -0.4 is 5.32 Å². The van der Waals surface area contributed by atoms with Gasteiger partial charge in [-0.25, -0.2) is 4.98 Å². The summed E-state index contributed by atoms with van der Waals surface area (Å²) in [5, 5.41) is 12.0. The highest BCUT2D eigenvalue weighted by Gasteiger charge is 2.21. The minimum Gasteiger partial charge on any atom is -0.336 e. The lowest BCUT2D eigenvalue weighted by molar-refractivity contribution is 0.0937. The highest BCUT2D eigenvalue weighted by atomic mass is 35.5. The SMILES string of the molecule is CC(C)C(C#N)NC(=O)c1cc(Cl)nc(C(C)(C)C)c1. The van der Waals surface area contributed by atoms with Gasteiger partial charge >= 0.3 is 0 Å². The minimum absolute atomic E-state index is 0.0448. The molecule has 0 aliphatic carbocycles. The molecule has 0 saturated heterocycles. The summed E-state index contributed by atoms with van der Waals surface area (Å²) in [6.07, 6.45) is 0. The number of rotatable bonds is 3. The Labute approximate surface area is 125 Å². The fourth-order valence-electron chi connectivity index (χ4n) is 1.58. The van der Waals surface area contributed by atoms with Crippen LogP contribution in [0, 0.1) is 17.2 Å². The second-order valence-electron chi connectivity index (χ2n) is 6.14. The van der Waals surface area contributed by atoms with E-state index in [1.165, 1.54) is 6.07 Å². The summed E-state index contributed by atoms with van der Waals surface area (Å²) in [5.74, 6) is -0.261. The van der Waals surface area contributed by atoms with Gasteiger partial charge in [0, 0.05) is 16.7 Å². The molecule has 0 fully saturated rings. The summed E-state index contributed by atoms with van der Waals surface area (Å²) < 4.78 is 0. The van der Waals surface area contributed by atoms with Crippen LogP contribution in [0.1, 0.15) is 50.7 Å². The van der Waals surface area contributed by atoms with Crippen LogP contribution >= 0.6 is 11.6 Å². The van der Waals surface area contributed by atoms with Gasteiger partial charge in [0.2, 0.25) is 0 Å². The van der Waals surface area contributed by atoms with Crippen LogP contribution in [0.25, 0.3) is 0 Å². The van der Waals surface area contributed by atoms with Crippen LogP contribution in [0.5, 0.6) is 0 Å². The van der Waals surface area contributed by atoms with Gasteiger partial charge in [-0.3, -0.25) is 4.79 Å². The maximum Gasteiger partial charge on any atom is 0.252 e. The number of nitrogens with zero attached hydrogens (tertiary/aromatic N) is 2. The van der Waals surface area contributed by atoms with Crippen molar-refractivity contribution in [1.82, 2.24) is 10.3 Å². The molecule has 1 unspecified atom stereocenters. The number of hydrogen-bond donors (Lipinski definition) is 1. The number of carbonyl (C=O) groups excluding carboxylic acids is 1. The van der Waals surface area contributed by atoms with E-state index < -0.39 is 6.04 Å². The molecular weight excluding hydrogens is 274 g/mol. The summed E-state index contributed by atoms with van der Waals surface area (Å²) >= 11 is 5.98. The Kier molecular flexibility index (Phi) is 5.13. The number of nitrogens with one attached hydrogen (secondary N) is 1. The van der Waals surface area contributed by atoms with Crippen LogP contribution in [0.2, 0.25) is 5.15 Å². The molecule has 0 saturated carbocycles. The van der Waals surface area contributed by atoms with Gasteiger partial charge in [0.1, 0.15) is 11.2 Å². The molecule has 1 atom stereocenters. The van der Waals surface area contributed by atoms with Gasteiger partial charge in [0.05, 0.1) is 6.07 Å². The van der Waals surface area contributed by atoms with Crippen LogP contribution in [0.15, 0.2) is 12.1 Å². The van der Waals surface area contributed by atoms with Crippen molar-refractivity contribution in [3.8, 4) is 6.07 Å². The van der Waals surface area contributed by atoms with Crippen molar-refractivity contribution in [2.45, 2.75) is 46.1 Å². The maximum absolute atomic E-state index is 12.2. The molecule has 5 heteroatoms. The van der Waals surface area contributed by atoms with Gasteiger partial charge in [-0.1, -0.05) is 46.2 Å². The third kappa shape index (κ3) is 4.21. The standard InChI is InChI=1S/C15H20ClN3O/c1-9(2)11(8-17)18-14(20)10-6-12(15(3,4)5)19-13(16)7-10/h6-7,9,11H,1-5H3,(H,18,20). The molecule has 0 aliphatic rings. The van der Waals surface area contributed by atoms with E-state index in [-0.39, 0.29) is 22.4 Å². The fraction of sp³-hybridized carbons (Fsp3) is 0.533. The summed E-state index contributed by atoms with van der Waals surface area (Å²) in [6.45, 7) is 9.77. The van der Waals surface area contributed by atoms with Gasteiger partial charge in [-0.2, -0.15) is 5.26 Å². The lowest BCUT2D eigenvalue weighted by Gasteiger charge is -2.19. The van der Waals surface area contributed by atoms with E-state index in [0.717, 1.165) is 5.69 Å². The Morgan fingerprint density at radius 2 is 2.00 bits per heavy atom. The Hall–Kier alpha value is -1.60. The van der Waals surface area contributed by atoms with Gasteiger partial charge in [-0.05, 0) is 18.1 Å². The minimum atomic E-state index is -0.521. The Morgan fingerprint density at radius 3 is 2.45 bits per heavy atom. The van der Waals surface area contributed by atoms with Crippen molar-refractivity contribution >= 4 is 17.5 Å². The van der Waals surface area contributed by atoms with E-state index in [0.29, 0.717) is 5.56 Å². The van der Waals surface area contributed by atoms with Gasteiger partial charge in [0.15, 0.2) is 0 Å². The first-order chi connectivity index (χ1) is 9.15. The van der Waals surface area contributed by atoms with Gasteiger partial charge in [0.25, 0.3) is 5.91 Å². The Bertz CT molecular complexity index is 541. The molecule has 1 aromatic heterocycles. The normalized spacial score (nSPS) is 12.9. The Morgan fingerprint density at radius 1 is 1.40 bits per heavy atom. The van der Waals surface area contributed by atoms with E-state index in [2.05, 4.69) is 16.4 Å². The molecule has 1 N–H and O–H groups in total. The van der Waals surface area contributed by atoms with E-state index >= 15 is 0 Å². The molecule has 0 aliphatic heterocycles. The number of hydrogen-bond acceptors (Lipinski definition) is 3. The second-order valence-corrected chi connectivity index (χ2v) is 6.53. The number of amides is 1. The first kappa shape index (κ1) is 16.5. The quantitative estimate of drug-likeness (QED) is 0.870. The summed E-state index contributed by atoms with van der Waals surface area (Å²) in [5.41, 5.74) is 0.969. The lowest BCUT2D eigenvalue weighted by Crippen LogP contribution is -2.37. The number of halogens is 1. The number of nitriles is 1. The average Bonchev–Trinajstić information content (AvgIpc) is 2.33. The number of pyridine rings is 1. The van der Waals surface area contributed by atoms with Crippen LogP contribution in [-0.2, 0) is 5.41 Å². The van der Waals surface area contributed by atoms with E-state index in [4.69, 9.17) is 16.9 Å². The molecule has 1 amide bonds. The topological polar surface area (TPSA) is 65.8 Å². The molecule has 20 heavy (non-hydrogen) atoms. The van der Waals surface area contributed by atoms with Crippen molar-refractivity contribution in [2.75, 3.05) is 0 Å². The fourth-order valence-corrected chi connectivity index (χ4v) is 1.79. The molecule has 1 heterocycles. The van der Waals surface area contributed by atoms with Crippen molar-refractivity contribution in [3.05, 3.63) is 28.5 Å².